The molecule has 0 saturated carbocycles. The number of benzene rings is 3. The van der Waals surface area contributed by atoms with Crippen molar-refractivity contribution < 1.29 is 0 Å². The Labute approximate surface area is 136 Å². The van der Waals surface area contributed by atoms with Gasteiger partial charge < -0.3 is 0 Å². The molecule has 0 amide bonds. The molecule has 5 aromatic rings. The maximum Gasteiger partial charge on any atom is 0.264 e. The molecule has 0 atom stereocenters. The maximum atomic E-state index is 13.1. The second kappa shape index (κ2) is 4.30. The van der Waals surface area contributed by atoms with Crippen molar-refractivity contribution >= 4 is 38.2 Å². The average molecular weight is 309 g/mol. The third kappa shape index (κ3) is 1.41. The zero-order valence-electron chi connectivity index (χ0n) is 12.9. The van der Waals surface area contributed by atoms with Crippen LogP contribution in [-0.2, 0) is 0 Å². The Bertz CT molecular complexity index is 1390. The number of fused-ring (bicyclic) bond motifs is 4. The van der Waals surface area contributed by atoms with Crippen LogP contribution in [-0.4, -0.2) is 9.38 Å². The van der Waals surface area contributed by atoms with Crippen LogP contribution >= 0.6 is 0 Å². The predicted octanol–water partition coefficient (Wildman–Crippen LogP) is 3.77. The van der Waals surface area contributed by atoms with E-state index in [-0.39, 0.29) is 5.56 Å². The van der Waals surface area contributed by atoms with Crippen LogP contribution in [0.3, 0.4) is 0 Å². The minimum atomic E-state index is -0.0914. The minimum Gasteiger partial charge on any atom is -0.268 e. The highest BCUT2D eigenvalue weighted by Gasteiger charge is 2.18. The molecule has 2 aromatic heterocycles. The van der Waals surface area contributed by atoms with Gasteiger partial charge in [0.05, 0.1) is 22.7 Å². The van der Waals surface area contributed by atoms with Crippen LogP contribution in [0, 0.1) is 18.3 Å². The number of nitrogens with zero attached hydrogens (tertiary/aromatic N) is 3. The van der Waals surface area contributed by atoms with Crippen LogP contribution in [0.1, 0.15) is 11.1 Å². The third-order valence-corrected chi connectivity index (χ3v) is 4.72. The molecule has 0 spiro atoms. The maximum absolute atomic E-state index is 13.1. The first-order valence-corrected chi connectivity index (χ1v) is 7.69. The molecule has 5 rings (SSSR count). The lowest BCUT2D eigenvalue weighted by molar-refractivity contribution is 1.19. The highest BCUT2D eigenvalue weighted by molar-refractivity contribution is 6.17. The van der Waals surface area contributed by atoms with Crippen molar-refractivity contribution in [3.8, 4) is 6.07 Å². The molecule has 0 aliphatic heterocycles. The highest BCUT2D eigenvalue weighted by atomic mass is 16.1. The molecule has 24 heavy (non-hydrogen) atoms. The number of hydrogen-bond donors (Lipinski definition) is 0. The summed E-state index contributed by atoms with van der Waals surface area (Å²) < 4.78 is 1.67. The Morgan fingerprint density at radius 2 is 1.79 bits per heavy atom. The molecule has 0 unspecified atom stereocenters. The first-order chi connectivity index (χ1) is 11.7. The molecule has 0 N–H and O–H groups in total. The summed E-state index contributed by atoms with van der Waals surface area (Å²) in [6, 6.07) is 17.3. The Hall–Kier alpha value is -3.45. The van der Waals surface area contributed by atoms with E-state index in [1.54, 1.807) is 4.40 Å². The lowest BCUT2D eigenvalue weighted by atomic mass is 9.95. The fraction of sp³-hybridized carbons (Fsp3) is 0.0500. The van der Waals surface area contributed by atoms with Gasteiger partial charge in [-0.2, -0.15) is 5.26 Å². The fourth-order valence-electron chi connectivity index (χ4n) is 3.66. The van der Waals surface area contributed by atoms with Crippen LogP contribution < -0.4 is 5.56 Å². The summed E-state index contributed by atoms with van der Waals surface area (Å²) in [5, 5.41) is 12.7. The molecule has 3 aromatic carbocycles. The summed E-state index contributed by atoms with van der Waals surface area (Å²) in [5.74, 6) is 0. The summed E-state index contributed by atoms with van der Waals surface area (Å²) in [4.78, 5) is 17.8. The Morgan fingerprint density at radius 1 is 1.00 bits per heavy atom. The van der Waals surface area contributed by atoms with Crippen LogP contribution in [0.25, 0.3) is 38.2 Å². The second-order valence-corrected chi connectivity index (χ2v) is 6.02. The molecule has 4 heteroatoms. The zero-order chi connectivity index (χ0) is 16.4. The number of imidazole rings is 1. The molecule has 2 heterocycles. The van der Waals surface area contributed by atoms with Crippen molar-refractivity contribution in [2.75, 3.05) is 0 Å². The highest BCUT2D eigenvalue weighted by Crippen LogP contribution is 2.33. The van der Waals surface area contributed by atoms with Crippen molar-refractivity contribution in [3.05, 3.63) is 70.0 Å². The van der Waals surface area contributed by atoms with E-state index in [4.69, 9.17) is 0 Å². The van der Waals surface area contributed by atoms with Gasteiger partial charge in [-0.1, -0.05) is 18.2 Å². The summed E-state index contributed by atoms with van der Waals surface area (Å²) in [5.41, 5.74) is 3.74. The standard InChI is InChI=1S/C20H11N3O/c1-11-6-8-14-18-13(9-7-12(10-21)17(11)18)19-22-15-4-2-3-5-16(15)23(19)20(14)24/h2-9H,1H3. The first-order valence-electron chi connectivity index (χ1n) is 7.69. The number of nitriles is 1. The van der Waals surface area contributed by atoms with Crippen molar-refractivity contribution in [1.29, 1.82) is 5.26 Å². The number of hydrogen-bond acceptors (Lipinski definition) is 3. The van der Waals surface area contributed by atoms with Gasteiger partial charge in [0.1, 0.15) is 5.65 Å². The van der Waals surface area contributed by atoms with Gasteiger partial charge in [-0.25, -0.2) is 4.98 Å². The van der Waals surface area contributed by atoms with Gasteiger partial charge in [0.2, 0.25) is 0 Å². The third-order valence-electron chi connectivity index (χ3n) is 4.72. The Balaban J connectivity index is 2.23. The largest absolute Gasteiger partial charge is 0.268 e. The predicted molar refractivity (Wildman–Crippen MR) is 94.6 cm³/mol. The molecular weight excluding hydrogens is 298 g/mol. The molecule has 0 radical (unpaired) electrons. The second-order valence-electron chi connectivity index (χ2n) is 6.02. The molecule has 0 saturated heterocycles. The molecular formula is C20H11N3O. The molecule has 112 valence electrons. The van der Waals surface area contributed by atoms with Crippen molar-refractivity contribution in [2.24, 2.45) is 0 Å². The van der Waals surface area contributed by atoms with Gasteiger partial charge in [0.25, 0.3) is 5.56 Å². The van der Waals surface area contributed by atoms with E-state index in [1.165, 1.54) is 0 Å². The van der Waals surface area contributed by atoms with E-state index in [9.17, 15) is 10.1 Å². The molecule has 0 aliphatic rings. The van der Waals surface area contributed by atoms with Crippen LogP contribution in [0.4, 0.5) is 0 Å². The average Bonchev–Trinajstić information content (AvgIpc) is 3.00. The quantitative estimate of drug-likeness (QED) is 0.437. The van der Waals surface area contributed by atoms with E-state index < -0.39 is 0 Å². The molecule has 0 fully saturated rings. The van der Waals surface area contributed by atoms with Gasteiger partial charge in [-0.05, 0) is 42.8 Å². The first kappa shape index (κ1) is 13.0. The van der Waals surface area contributed by atoms with E-state index >= 15 is 0 Å². The number of pyridine rings is 1. The van der Waals surface area contributed by atoms with Gasteiger partial charge >= 0.3 is 0 Å². The van der Waals surface area contributed by atoms with Crippen LogP contribution in [0.2, 0.25) is 0 Å². The summed E-state index contributed by atoms with van der Waals surface area (Å²) in [6.45, 7) is 1.96. The van der Waals surface area contributed by atoms with E-state index in [2.05, 4.69) is 11.1 Å². The summed E-state index contributed by atoms with van der Waals surface area (Å²) in [7, 11) is 0. The zero-order valence-corrected chi connectivity index (χ0v) is 12.9. The fourth-order valence-corrected chi connectivity index (χ4v) is 3.66. The SMILES string of the molecule is Cc1ccc2c(=O)n3c4ccccc4nc3c3ccc(C#N)c1c23. The number of aromatic nitrogens is 2. The number of rotatable bonds is 0. The minimum absolute atomic E-state index is 0.0914. The number of aryl methyl sites for hydroxylation is 1. The summed E-state index contributed by atoms with van der Waals surface area (Å²) in [6.07, 6.45) is 0. The number of para-hydroxylation sites is 2. The van der Waals surface area contributed by atoms with Crippen molar-refractivity contribution in [2.45, 2.75) is 6.92 Å². The van der Waals surface area contributed by atoms with E-state index in [0.29, 0.717) is 16.6 Å². The lowest BCUT2D eigenvalue weighted by Crippen LogP contribution is -2.13. The molecule has 0 aliphatic carbocycles. The summed E-state index contributed by atoms with van der Waals surface area (Å²) >= 11 is 0. The lowest BCUT2D eigenvalue weighted by Gasteiger charge is -2.10. The van der Waals surface area contributed by atoms with Gasteiger partial charge in [0.15, 0.2) is 0 Å². The Morgan fingerprint density at radius 3 is 2.62 bits per heavy atom. The Kier molecular flexibility index (Phi) is 2.34. The van der Waals surface area contributed by atoms with Crippen LogP contribution in [0.15, 0.2) is 53.3 Å². The van der Waals surface area contributed by atoms with Gasteiger partial charge in [-0.3, -0.25) is 9.20 Å². The topological polar surface area (TPSA) is 58.2 Å². The molecule has 4 nitrogen and oxygen atoms in total. The van der Waals surface area contributed by atoms with Crippen LogP contribution in [0.5, 0.6) is 0 Å². The van der Waals surface area contributed by atoms with Gasteiger partial charge in [0, 0.05) is 21.5 Å². The van der Waals surface area contributed by atoms with Crippen molar-refractivity contribution in [3.63, 3.8) is 0 Å². The molecule has 0 bridgehead atoms. The van der Waals surface area contributed by atoms with E-state index in [0.717, 1.165) is 32.8 Å². The van der Waals surface area contributed by atoms with E-state index in [1.807, 2.05) is 55.5 Å². The van der Waals surface area contributed by atoms with Gasteiger partial charge in [-0.15, -0.1) is 0 Å². The smallest absolute Gasteiger partial charge is 0.264 e. The monoisotopic (exact) mass is 309 g/mol. The normalized spacial score (nSPS) is 11.7. The van der Waals surface area contributed by atoms with Crippen molar-refractivity contribution in [1.82, 2.24) is 9.38 Å².